The van der Waals surface area contributed by atoms with E-state index in [-0.39, 0.29) is 24.7 Å². The fourth-order valence-corrected chi connectivity index (χ4v) is 2.30. The lowest BCUT2D eigenvalue weighted by Crippen LogP contribution is -2.50. The Morgan fingerprint density at radius 3 is 2.39 bits per heavy atom. The molecule has 6 heteroatoms. The largest absolute Gasteiger partial charge is 0.484 e. The Labute approximate surface area is 135 Å². The van der Waals surface area contributed by atoms with E-state index in [0.29, 0.717) is 24.2 Å². The molecular weight excluding hydrogens is 298 g/mol. The Kier molecular flexibility index (Phi) is 6.75. The van der Waals surface area contributed by atoms with Gasteiger partial charge in [-0.25, -0.2) is 0 Å². The highest BCUT2D eigenvalue weighted by Crippen LogP contribution is 2.20. The van der Waals surface area contributed by atoms with Gasteiger partial charge in [0.1, 0.15) is 5.75 Å². The number of benzene rings is 1. The maximum Gasteiger partial charge on any atom is 0.305 e. The highest BCUT2D eigenvalue weighted by molar-refractivity contribution is 5.94. The van der Waals surface area contributed by atoms with Crippen molar-refractivity contribution in [1.29, 1.82) is 0 Å². The molecule has 0 aromatic heterocycles. The van der Waals surface area contributed by atoms with Crippen LogP contribution in [0.4, 0.5) is 0 Å². The lowest BCUT2D eigenvalue weighted by Gasteiger charge is -2.31. The van der Waals surface area contributed by atoms with E-state index in [1.165, 1.54) is 6.92 Å². The first-order valence-corrected chi connectivity index (χ1v) is 7.58. The highest BCUT2D eigenvalue weighted by atomic mass is 16.5. The van der Waals surface area contributed by atoms with Crippen LogP contribution in [0.5, 0.6) is 5.75 Å². The van der Waals surface area contributed by atoms with Crippen molar-refractivity contribution in [2.45, 2.75) is 45.6 Å². The van der Waals surface area contributed by atoms with Crippen molar-refractivity contribution in [2.24, 2.45) is 0 Å². The van der Waals surface area contributed by atoms with Gasteiger partial charge in [0.05, 0.1) is 12.0 Å². The molecule has 1 rings (SSSR count). The molecule has 6 nitrogen and oxygen atoms in total. The van der Waals surface area contributed by atoms with Crippen molar-refractivity contribution in [1.82, 2.24) is 5.32 Å². The second-order valence-electron chi connectivity index (χ2n) is 5.48. The monoisotopic (exact) mass is 321 g/mol. The summed E-state index contributed by atoms with van der Waals surface area (Å²) in [7, 11) is 0. The van der Waals surface area contributed by atoms with Crippen LogP contribution in [-0.4, -0.2) is 34.9 Å². The topological polar surface area (TPSA) is 92.7 Å². The van der Waals surface area contributed by atoms with E-state index in [2.05, 4.69) is 5.32 Å². The summed E-state index contributed by atoms with van der Waals surface area (Å²) in [6.45, 7) is 4.89. The molecule has 126 valence electrons. The zero-order valence-electron chi connectivity index (χ0n) is 13.7. The van der Waals surface area contributed by atoms with Gasteiger partial charge in [0.25, 0.3) is 5.91 Å². The lowest BCUT2D eigenvalue weighted by atomic mass is 9.89. The van der Waals surface area contributed by atoms with Crippen molar-refractivity contribution < 1.29 is 24.2 Å². The number of nitrogens with one attached hydrogen (secondary N) is 1. The zero-order chi connectivity index (χ0) is 17.5. The van der Waals surface area contributed by atoms with E-state index in [9.17, 15) is 14.4 Å². The minimum Gasteiger partial charge on any atom is -0.484 e. The molecule has 0 spiro atoms. The molecule has 1 aromatic carbocycles. The van der Waals surface area contributed by atoms with Crippen LogP contribution < -0.4 is 10.1 Å². The molecule has 0 unspecified atom stereocenters. The van der Waals surface area contributed by atoms with Gasteiger partial charge in [-0.15, -0.1) is 0 Å². The van der Waals surface area contributed by atoms with Gasteiger partial charge < -0.3 is 15.2 Å². The maximum atomic E-state index is 12.1. The summed E-state index contributed by atoms with van der Waals surface area (Å²) in [5, 5.41) is 11.8. The van der Waals surface area contributed by atoms with Gasteiger partial charge >= 0.3 is 5.97 Å². The molecule has 0 radical (unpaired) electrons. The van der Waals surface area contributed by atoms with Crippen LogP contribution in [0.15, 0.2) is 24.3 Å². The Hall–Kier alpha value is -2.37. The normalized spacial score (nSPS) is 10.9. The van der Waals surface area contributed by atoms with Gasteiger partial charge in [-0.3, -0.25) is 14.4 Å². The number of carbonyl (C=O) groups excluding carboxylic acids is 2. The number of rotatable bonds is 9. The van der Waals surface area contributed by atoms with E-state index in [1.54, 1.807) is 24.3 Å². The summed E-state index contributed by atoms with van der Waals surface area (Å²) in [6.07, 6.45) is 0.897. The SMILES string of the molecule is CCC(CC)(CC(=O)O)NC(=O)COc1cccc(C(C)=O)c1. The second kappa shape index (κ2) is 8.31. The molecule has 0 saturated heterocycles. The molecule has 2 N–H and O–H groups in total. The Morgan fingerprint density at radius 2 is 1.87 bits per heavy atom. The molecular formula is C17H23NO5. The lowest BCUT2D eigenvalue weighted by molar-refractivity contribution is -0.139. The van der Waals surface area contributed by atoms with Crippen molar-refractivity contribution >= 4 is 17.7 Å². The van der Waals surface area contributed by atoms with Crippen LogP contribution in [0.3, 0.4) is 0 Å². The van der Waals surface area contributed by atoms with Gasteiger partial charge in [0, 0.05) is 5.56 Å². The number of hydrogen-bond acceptors (Lipinski definition) is 4. The fourth-order valence-electron chi connectivity index (χ4n) is 2.30. The summed E-state index contributed by atoms with van der Waals surface area (Å²) in [6, 6.07) is 6.57. The number of carboxylic acids is 1. The Bertz CT molecular complexity index is 578. The number of aliphatic carboxylic acids is 1. The van der Waals surface area contributed by atoms with Crippen LogP contribution in [0, 0.1) is 0 Å². The summed E-state index contributed by atoms with van der Waals surface area (Å²) in [5.41, 5.74) is -0.265. The van der Waals surface area contributed by atoms with Gasteiger partial charge in [-0.2, -0.15) is 0 Å². The summed E-state index contributed by atoms with van der Waals surface area (Å²) in [4.78, 5) is 34.3. The molecule has 0 aliphatic carbocycles. The van der Waals surface area contributed by atoms with Crippen molar-refractivity contribution in [3.05, 3.63) is 29.8 Å². The first kappa shape index (κ1) is 18.7. The smallest absolute Gasteiger partial charge is 0.305 e. The molecule has 0 saturated carbocycles. The minimum atomic E-state index is -0.955. The van der Waals surface area contributed by atoms with Crippen molar-refractivity contribution in [3.63, 3.8) is 0 Å². The molecule has 0 heterocycles. The van der Waals surface area contributed by atoms with E-state index >= 15 is 0 Å². The van der Waals surface area contributed by atoms with Crippen LogP contribution in [-0.2, 0) is 9.59 Å². The summed E-state index contributed by atoms with van der Waals surface area (Å²) < 4.78 is 5.39. The van der Waals surface area contributed by atoms with Crippen LogP contribution in [0.25, 0.3) is 0 Å². The first-order chi connectivity index (χ1) is 10.8. The number of amides is 1. The third-order valence-corrected chi connectivity index (χ3v) is 3.86. The van der Waals surface area contributed by atoms with Crippen molar-refractivity contribution in [2.75, 3.05) is 6.61 Å². The molecule has 0 fully saturated rings. The average molecular weight is 321 g/mol. The number of ether oxygens (including phenoxy) is 1. The maximum absolute atomic E-state index is 12.1. The highest BCUT2D eigenvalue weighted by Gasteiger charge is 2.30. The van der Waals surface area contributed by atoms with E-state index in [1.807, 2.05) is 13.8 Å². The molecule has 0 atom stereocenters. The van der Waals surface area contributed by atoms with Gasteiger partial charge in [0.2, 0.25) is 0 Å². The predicted octanol–water partition coefficient (Wildman–Crippen LogP) is 2.42. The zero-order valence-corrected chi connectivity index (χ0v) is 13.7. The van der Waals surface area contributed by atoms with E-state index in [4.69, 9.17) is 9.84 Å². The standard InChI is InChI=1S/C17H23NO5/c1-4-17(5-2,10-16(21)22)18-15(20)11-23-14-8-6-7-13(9-14)12(3)19/h6-9H,4-5,10-11H2,1-3H3,(H,18,20)(H,21,22). The van der Waals surface area contributed by atoms with Crippen LogP contribution >= 0.6 is 0 Å². The predicted molar refractivity (Wildman–Crippen MR) is 85.7 cm³/mol. The third-order valence-electron chi connectivity index (χ3n) is 3.86. The van der Waals surface area contributed by atoms with E-state index in [0.717, 1.165) is 0 Å². The quantitative estimate of drug-likeness (QED) is 0.681. The Balaban J connectivity index is 2.67. The second-order valence-corrected chi connectivity index (χ2v) is 5.48. The van der Waals surface area contributed by atoms with Gasteiger partial charge in [-0.1, -0.05) is 26.0 Å². The number of hydrogen-bond donors (Lipinski definition) is 2. The molecule has 23 heavy (non-hydrogen) atoms. The molecule has 1 amide bonds. The first-order valence-electron chi connectivity index (χ1n) is 7.58. The number of carboxylic acid groups (broad SMARTS) is 1. The summed E-state index contributed by atoms with van der Waals surface area (Å²) >= 11 is 0. The summed E-state index contributed by atoms with van der Waals surface area (Å²) in [5.74, 6) is -1.01. The molecule has 1 aromatic rings. The third kappa shape index (κ3) is 5.73. The van der Waals surface area contributed by atoms with Crippen LogP contribution in [0.2, 0.25) is 0 Å². The number of ketones is 1. The number of carbonyl (C=O) groups is 3. The average Bonchev–Trinajstić information content (AvgIpc) is 2.52. The van der Waals surface area contributed by atoms with Crippen LogP contribution in [0.1, 0.15) is 50.4 Å². The van der Waals surface area contributed by atoms with Gasteiger partial charge in [-0.05, 0) is 31.9 Å². The number of Topliss-reactive ketones (excluding diaryl/α,β-unsaturated/α-hetero) is 1. The van der Waals surface area contributed by atoms with E-state index < -0.39 is 11.5 Å². The van der Waals surface area contributed by atoms with Gasteiger partial charge in [0.15, 0.2) is 12.4 Å². The fraction of sp³-hybridized carbons (Fsp3) is 0.471. The minimum absolute atomic E-state index is 0.0858. The Morgan fingerprint density at radius 1 is 1.22 bits per heavy atom. The molecule has 0 aliphatic rings. The molecule has 0 bridgehead atoms. The van der Waals surface area contributed by atoms with Crippen molar-refractivity contribution in [3.8, 4) is 5.75 Å². The molecule has 0 aliphatic heterocycles.